The summed E-state index contributed by atoms with van der Waals surface area (Å²) in [5, 5.41) is 9.47. The van der Waals surface area contributed by atoms with Gasteiger partial charge in [-0.2, -0.15) is 0 Å². The highest BCUT2D eigenvalue weighted by Gasteiger charge is 2.28. The molecule has 2 aromatic rings. The zero-order valence-electron chi connectivity index (χ0n) is 12.1. The molecule has 1 N–H and O–H groups in total. The molecule has 0 amide bonds. The van der Waals surface area contributed by atoms with Gasteiger partial charge >= 0.3 is 0 Å². The van der Waals surface area contributed by atoms with Gasteiger partial charge in [-0.15, -0.1) is 0 Å². The molecule has 0 saturated carbocycles. The molecular formula is C16H17N3O3. The van der Waals surface area contributed by atoms with Gasteiger partial charge in [0.1, 0.15) is 12.0 Å². The first-order chi connectivity index (χ1) is 10.8. The first-order valence-electron chi connectivity index (χ1n) is 7.23. The summed E-state index contributed by atoms with van der Waals surface area (Å²) in [6.45, 7) is 0.911. The predicted molar refractivity (Wildman–Crippen MR) is 81.4 cm³/mol. The van der Waals surface area contributed by atoms with E-state index in [9.17, 15) is 9.90 Å². The van der Waals surface area contributed by atoms with Crippen molar-refractivity contribution in [2.24, 2.45) is 0 Å². The van der Waals surface area contributed by atoms with Crippen molar-refractivity contribution in [1.82, 2.24) is 9.97 Å². The van der Waals surface area contributed by atoms with Crippen LogP contribution in [0.2, 0.25) is 0 Å². The number of benzene rings is 1. The standard InChI is InChI=1S/C16H17N3O3/c20-10-12-3-5-14(6-4-12)22-16-15(17-7-8-18-16)19-9-1-2-13(19)11-21/h3-8,10,13,21H,1-2,9,11H2. The molecule has 1 atom stereocenters. The number of hydrogen-bond acceptors (Lipinski definition) is 6. The van der Waals surface area contributed by atoms with Crippen LogP contribution in [0.4, 0.5) is 5.82 Å². The van der Waals surface area contributed by atoms with E-state index in [0.717, 1.165) is 25.7 Å². The Balaban J connectivity index is 1.85. The second kappa shape index (κ2) is 6.53. The molecule has 1 saturated heterocycles. The summed E-state index contributed by atoms with van der Waals surface area (Å²) < 4.78 is 5.80. The van der Waals surface area contributed by atoms with Gasteiger partial charge in [0.25, 0.3) is 5.88 Å². The number of anilines is 1. The highest BCUT2D eigenvalue weighted by atomic mass is 16.5. The SMILES string of the molecule is O=Cc1ccc(Oc2nccnc2N2CCCC2CO)cc1. The number of aliphatic hydroxyl groups excluding tert-OH is 1. The van der Waals surface area contributed by atoms with Crippen LogP contribution in [0.25, 0.3) is 0 Å². The average molecular weight is 299 g/mol. The van der Waals surface area contributed by atoms with Crippen molar-refractivity contribution in [2.45, 2.75) is 18.9 Å². The van der Waals surface area contributed by atoms with Crippen molar-refractivity contribution in [2.75, 3.05) is 18.1 Å². The van der Waals surface area contributed by atoms with Gasteiger partial charge in [0, 0.05) is 24.5 Å². The Morgan fingerprint density at radius 3 is 2.77 bits per heavy atom. The van der Waals surface area contributed by atoms with Crippen LogP contribution in [0.1, 0.15) is 23.2 Å². The van der Waals surface area contributed by atoms with Crippen LogP contribution in [0, 0.1) is 0 Å². The number of hydrogen-bond donors (Lipinski definition) is 1. The maximum Gasteiger partial charge on any atom is 0.263 e. The van der Waals surface area contributed by atoms with Crippen molar-refractivity contribution in [3.63, 3.8) is 0 Å². The minimum absolute atomic E-state index is 0.0523. The lowest BCUT2D eigenvalue weighted by Crippen LogP contribution is -2.33. The Morgan fingerprint density at radius 1 is 1.27 bits per heavy atom. The predicted octanol–water partition coefficient (Wildman–Crippen LogP) is 2.04. The van der Waals surface area contributed by atoms with Gasteiger partial charge in [-0.05, 0) is 37.1 Å². The normalized spacial score (nSPS) is 17.5. The maximum absolute atomic E-state index is 10.7. The van der Waals surface area contributed by atoms with Crippen LogP contribution in [0.3, 0.4) is 0 Å². The molecule has 6 nitrogen and oxygen atoms in total. The van der Waals surface area contributed by atoms with Crippen LogP contribution in [-0.4, -0.2) is 40.6 Å². The van der Waals surface area contributed by atoms with Crippen LogP contribution >= 0.6 is 0 Å². The van der Waals surface area contributed by atoms with Gasteiger partial charge in [-0.25, -0.2) is 9.97 Å². The van der Waals surface area contributed by atoms with Crippen molar-refractivity contribution in [1.29, 1.82) is 0 Å². The molecule has 1 aliphatic heterocycles. The lowest BCUT2D eigenvalue weighted by molar-refractivity contribution is 0.112. The summed E-state index contributed by atoms with van der Waals surface area (Å²) in [6.07, 6.45) is 5.91. The fourth-order valence-electron chi connectivity index (χ4n) is 2.62. The number of ether oxygens (including phenoxy) is 1. The van der Waals surface area contributed by atoms with E-state index in [1.807, 2.05) is 4.90 Å². The third-order valence-corrected chi connectivity index (χ3v) is 3.74. The number of aliphatic hydroxyl groups is 1. The van der Waals surface area contributed by atoms with Gasteiger partial charge in [-0.3, -0.25) is 4.79 Å². The summed E-state index contributed by atoms with van der Waals surface area (Å²) in [5.41, 5.74) is 0.589. The van der Waals surface area contributed by atoms with E-state index in [4.69, 9.17) is 4.74 Å². The fraction of sp³-hybridized carbons (Fsp3) is 0.312. The average Bonchev–Trinajstić information content (AvgIpc) is 3.04. The highest BCUT2D eigenvalue weighted by Crippen LogP contribution is 2.32. The second-order valence-corrected chi connectivity index (χ2v) is 5.15. The molecule has 2 heterocycles. The molecule has 6 heteroatoms. The van der Waals surface area contributed by atoms with Crippen LogP contribution in [0.5, 0.6) is 11.6 Å². The smallest absolute Gasteiger partial charge is 0.263 e. The van der Waals surface area contributed by atoms with Gasteiger partial charge in [0.2, 0.25) is 0 Å². The van der Waals surface area contributed by atoms with Gasteiger partial charge < -0.3 is 14.7 Å². The summed E-state index contributed by atoms with van der Waals surface area (Å²) in [7, 11) is 0. The summed E-state index contributed by atoms with van der Waals surface area (Å²) >= 11 is 0. The lowest BCUT2D eigenvalue weighted by Gasteiger charge is -2.25. The summed E-state index contributed by atoms with van der Waals surface area (Å²) in [5.74, 6) is 1.63. The highest BCUT2D eigenvalue weighted by molar-refractivity contribution is 5.74. The first kappa shape index (κ1) is 14.5. The molecule has 1 aromatic heterocycles. The molecule has 1 aliphatic rings. The zero-order valence-corrected chi connectivity index (χ0v) is 12.1. The molecule has 0 aliphatic carbocycles. The molecule has 0 bridgehead atoms. The number of aromatic nitrogens is 2. The van der Waals surface area contributed by atoms with Crippen LogP contribution in [-0.2, 0) is 0 Å². The minimum atomic E-state index is 0.0523. The van der Waals surface area contributed by atoms with Crippen molar-refractivity contribution in [3.8, 4) is 11.6 Å². The molecule has 114 valence electrons. The van der Waals surface area contributed by atoms with E-state index in [-0.39, 0.29) is 12.6 Å². The van der Waals surface area contributed by atoms with Crippen LogP contribution in [0.15, 0.2) is 36.7 Å². The minimum Gasteiger partial charge on any atom is -0.436 e. The molecule has 3 rings (SSSR count). The molecule has 1 fully saturated rings. The molecule has 0 spiro atoms. The molecule has 1 aromatic carbocycles. The Labute approximate surface area is 128 Å². The van der Waals surface area contributed by atoms with E-state index >= 15 is 0 Å². The topological polar surface area (TPSA) is 75.5 Å². The molecule has 22 heavy (non-hydrogen) atoms. The zero-order chi connectivity index (χ0) is 15.4. The van der Waals surface area contributed by atoms with Crippen LogP contribution < -0.4 is 9.64 Å². The van der Waals surface area contributed by atoms with Crippen molar-refractivity contribution in [3.05, 3.63) is 42.2 Å². The lowest BCUT2D eigenvalue weighted by atomic mass is 10.2. The van der Waals surface area contributed by atoms with Crippen molar-refractivity contribution >= 4 is 12.1 Å². The Hall–Kier alpha value is -2.47. The Morgan fingerprint density at radius 2 is 2.05 bits per heavy atom. The first-order valence-corrected chi connectivity index (χ1v) is 7.23. The number of nitrogens with zero attached hydrogens (tertiary/aromatic N) is 3. The van der Waals surface area contributed by atoms with Gasteiger partial charge in [-0.1, -0.05) is 0 Å². The number of carbonyl (C=O) groups excluding carboxylic acids is 1. The number of carbonyl (C=O) groups is 1. The summed E-state index contributed by atoms with van der Waals surface area (Å²) in [4.78, 5) is 21.3. The maximum atomic E-state index is 10.7. The second-order valence-electron chi connectivity index (χ2n) is 5.15. The monoisotopic (exact) mass is 299 g/mol. The Kier molecular flexibility index (Phi) is 4.29. The third-order valence-electron chi connectivity index (χ3n) is 3.74. The van der Waals surface area contributed by atoms with Crippen molar-refractivity contribution < 1.29 is 14.6 Å². The number of aldehydes is 1. The van der Waals surface area contributed by atoms with E-state index in [1.165, 1.54) is 0 Å². The summed E-state index contributed by atoms with van der Waals surface area (Å²) in [6, 6.07) is 6.86. The van der Waals surface area contributed by atoms with E-state index in [2.05, 4.69) is 9.97 Å². The third kappa shape index (κ3) is 2.92. The molecule has 0 radical (unpaired) electrons. The Bertz CT molecular complexity index is 645. The fourth-order valence-corrected chi connectivity index (χ4v) is 2.62. The quantitative estimate of drug-likeness (QED) is 0.852. The van der Waals surface area contributed by atoms with E-state index in [0.29, 0.717) is 23.0 Å². The van der Waals surface area contributed by atoms with E-state index in [1.54, 1.807) is 36.7 Å². The number of rotatable bonds is 5. The largest absolute Gasteiger partial charge is 0.436 e. The molecular weight excluding hydrogens is 282 g/mol. The van der Waals surface area contributed by atoms with Gasteiger partial charge in [0.05, 0.1) is 12.6 Å². The molecule has 1 unspecified atom stereocenters. The van der Waals surface area contributed by atoms with E-state index < -0.39 is 0 Å². The van der Waals surface area contributed by atoms with Gasteiger partial charge in [0.15, 0.2) is 5.82 Å².